The number of thiazole rings is 1. The topological polar surface area (TPSA) is 66.4 Å². The molecule has 2 aromatic rings. The summed E-state index contributed by atoms with van der Waals surface area (Å²) in [4.78, 5) is 38.1. The number of likely N-dealkylation sites (tertiary alicyclic amines) is 2. The molecule has 0 atom stereocenters. The first-order valence-electron chi connectivity index (χ1n) is 9.42. The van der Waals surface area contributed by atoms with Gasteiger partial charge in [0.1, 0.15) is 4.88 Å². The zero-order chi connectivity index (χ0) is 18.9. The Balaban J connectivity index is 1.40. The molecule has 7 heteroatoms. The number of carbonyl (C=O) groups excluding carboxylic acids is 2. The molecule has 2 fully saturated rings. The highest BCUT2D eigenvalue weighted by atomic mass is 32.1. The first kappa shape index (κ1) is 18.1. The lowest BCUT2D eigenvalue weighted by atomic mass is 9.72. The first-order valence-corrected chi connectivity index (χ1v) is 10.3. The molecule has 2 aromatic heterocycles. The van der Waals surface area contributed by atoms with Crippen molar-refractivity contribution < 1.29 is 9.59 Å². The van der Waals surface area contributed by atoms with Gasteiger partial charge in [0.05, 0.1) is 11.2 Å². The number of aryl methyl sites for hydroxylation is 1. The lowest BCUT2D eigenvalue weighted by Crippen LogP contribution is -2.52. The molecule has 6 nitrogen and oxygen atoms in total. The minimum Gasteiger partial charge on any atom is -0.338 e. The Bertz CT molecular complexity index is 828. The van der Waals surface area contributed by atoms with E-state index in [0.29, 0.717) is 13.0 Å². The van der Waals surface area contributed by atoms with Crippen molar-refractivity contribution in [2.45, 2.75) is 39.2 Å². The molecule has 0 aliphatic carbocycles. The average Bonchev–Trinajstić information content (AvgIpc) is 3.12. The Hall–Kier alpha value is -2.28. The maximum atomic E-state index is 12.7. The summed E-state index contributed by atoms with van der Waals surface area (Å²) in [5.74, 6) is 0.335. The zero-order valence-corrected chi connectivity index (χ0v) is 16.4. The monoisotopic (exact) mass is 384 g/mol. The highest BCUT2D eigenvalue weighted by molar-refractivity contribution is 7.11. The van der Waals surface area contributed by atoms with Gasteiger partial charge in [-0.1, -0.05) is 0 Å². The van der Waals surface area contributed by atoms with Gasteiger partial charge in [-0.2, -0.15) is 0 Å². The van der Waals surface area contributed by atoms with Gasteiger partial charge >= 0.3 is 0 Å². The van der Waals surface area contributed by atoms with E-state index in [-0.39, 0.29) is 17.2 Å². The summed E-state index contributed by atoms with van der Waals surface area (Å²) in [6, 6.07) is 3.93. The van der Waals surface area contributed by atoms with E-state index >= 15 is 0 Å². The molecule has 0 radical (unpaired) electrons. The lowest BCUT2D eigenvalue weighted by molar-refractivity contribution is -0.139. The van der Waals surface area contributed by atoms with Crippen LogP contribution in [0.5, 0.6) is 0 Å². The van der Waals surface area contributed by atoms with Gasteiger partial charge < -0.3 is 9.80 Å². The Morgan fingerprint density at radius 3 is 2.63 bits per heavy atom. The summed E-state index contributed by atoms with van der Waals surface area (Å²) in [5, 5.41) is 0. The normalized spacial score (nSPS) is 19.5. The second-order valence-electron chi connectivity index (χ2n) is 7.66. The number of rotatable bonds is 3. The number of pyridine rings is 1. The van der Waals surface area contributed by atoms with Gasteiger partial charge in [-0.05, 0) is 49.3 Å². The first-order chi connectivity index (χ1) is 13.1. The number of carbonyl (C=O) groups is 2. The van der Waals surface area contributed by atoms with Crippen LogP contribution in [-0.2, 0) is 11.3 Å². The van der Waals surface area contributed by atoms with Crippen LogP contribution in [-0.4, -0.2) is 51.2 Å². The molecule has 2 aliphatic rings. The van der Waals surface area contributed by atoms with Crippen LogP contribution in [0.15, 0.2) is 30.0 Å². The van der Waals surface area contributed by atoms with Crippen LogP contribution in [0.3, 0.4) is 0 Å². The quantitative estimate of drug-likeness (QED) is 0.816. The second-order valence-corrected chi connectivity index (χ2v) is 8.52. The minimum atomic E-state index is 0.102. The molecule has 0 aromatic carbocycles. The van der Waals surface area contributed by atoms with Gasteiger partial charge in [-0.25, -0.2) is 4.98 Å². The summed E-state index contributed by atoms with van der Waals surface area (Å²) in [5.41, 5.74) is 3.80. The SMILES string of the molecule is Cc1ncsc1C(=O)N1CCC2(CCC(=O)N(Cc3ccncc3)C2)CC1. The summed E-state index contributed by atoms with van der Waals surface area (Å²) in [7, 11) is 0. The highest BCUT2D eigenvalue weighted by Gasteiger charge is 2.42. The second kappa shape index (κ2) is 7.38. The summed E-state index contributed by atoms with van der Waals surface area (Å²) in [6.07, 6.45) is 6.98. The molecule has 2 aliphatic heterocycles. The fraction of sp³-hybridized carbons (Fsp3) is 0.500. The minimum absolute atomic E-state index is 0.102. The van der Waals surface area contributed by atoms with E-state index in [1.54, 1.807) is 17.9 Å². The number of nitrogens with zero attached hydrogens (tertiary/aromatic N) is 4. The molecule has 27 heavy (non-hydrogen) atoms. The third-order valence-corrected chi connectivity index (χ3v) is 6.84. The molecule has 4 heterocycles. The molecule has 0 N–H and O–H groups in total. The van der Waals surface area contributed by atoms with E-state index in [9.17, 15) is 9.59 Å². The zero-order valence-electron chi connectivity index (χ0n) is 15.6. The van der Waals surface area contributed by atoms with Crippen LogP contribution in [0.25, 0.3) is 0 Å². The number of amides is 2. The van der Waals surface area contributed by atoms with E-state index in [4.69, 9.17) is 0 Å². The fourth-order valence-corrected chi connectivity index (χ4v) is 4.97. The van der Waals surface area contributed by atoms with Gasteiger partial charge in [-0.3, -0.25) is 14.6 Å². The molecule has 2 amide bonds. The molecular formula is C20H24N4O2S. The number of piperidine rings is 2. The van der Waals surface area contributed by atoms with Crippen LogP contribution in [0, 0.1) is 12.3 Å². The molecule has 0 saturated carbocycles. The average molecular weight is 385 g/mol. The van der Waals surface area contributed by atoms with Crippen molar-refractivity contribution in [2.75, 3.05) is 19.6 Å². The maximum absolute atomic E-state index is 12.7. The van der Waals surface area contributed by atoms with Crippen LogP contribution >= 0.6 is 11.3 Å². The van der Waals surface area contributed by atoms with E-state index in [0.717, 1.165) is 55.0 Å². The van der Waals surface area contributed by atoms with E-state index in [2.05, 4.69) is 9.97 Å². The van der Waals surface area contributed by atoms with Crippen molar-refractivity contribution in [3.63, 3.8) is 0 Å². The Labute approximate surface area is 163 Å². The lowest BCUT2D eigenvalue weighted by Gasteiger charge is -2.47. The third-order valence-electron chi connectivity index (χ3n) is 5.92. The fourth-order valence-electron chi connectivity index (χ4n) is 4.20. The summed E-state index contributed by atoms with van der Waals surface area (Å²) in [6.45, 7) is 4.83. The van der Waals surface area contributed by atoms with E-state index < -0.39 is 0 Å². The Morgan fingerprint density at radius 1 is 1.22 bits per heavy atom. The van der Waals surface area contributed by atoms with Crippen LogP contribution in [0.2, 0.25) is 0 Å². The molecule has 1 spiro atoms. The van der Waals surface area contributed by atoms with Crippen LogP contribution < -0.4 is 0 Å². The van der Waals surface area contributed by atoms with E-state index in [1.807, 2.05) is 28.9 Å². The Morgan fingerprint density at radius 2 is 1.96 bits per heavy atom. The predicted octanol–water partition coefficient (Wildman–Crippen LogP) is 2.89. The predicted molar refractivity (Wildman–Crippen MR) is 103 cm³/mol. The standard InChI is InChI=1S/C20H24N4O2S/c1-15-18(27-14-22-15)19(26)23-10-6-20(7-11-23)5-2-17(25)24(13-20)12-16-3-8-21-9-4-16/h3-4,8-9,14H,2,5-7,10-13H2,1H3. The van der Waals surface area contributed by atoms with Crippen molar-refractivity contribution >= 4 is 23.2 Å². The van der Waals surface area contributed by atoms with Crippen LogP contribution in [0.4, 0.5) is 0 Å². The molecule has 2 saturated heterocycles. The summed E-state index contributed by atoms with van der Waals surface area (Å²) >= 11 is 1.42. The molecular weight excluding hydrogens is 360 g/mol. The molecule has 4 rings (SSSR count). The van der Waals surface area contributed by atoms with Gasteiger partial charge in [0, 0.05) is 45.0 Å². The molecule has 0 bridgehead atoms. The van der Waals surface area contributed by atoms with Gasteiger partial charge in [0.2, 0.25) is 5.91 Å². The van der Waals surface area contributed by atoms with Crippen molar-refractivity contribution in [1.29, 1.82) is 0 Å². The van der Waals surface area contributed by atoms with Gasteiger partial charge in [0.15, 0.2) is 0 Å². The van der Waals surface area contributed by atoms with Gasteiger partial charge in [-0.15, -0.1) is 11.3 Å². The van der Waals surface area contributed by atoms with Crippen molar-refractivity contribution in [2.24, 2.45) is 5.41 Å². The molecule has 0 unspecified atom stereocenters. The number of aromatic nitrogens is 2. The van der Waals surface area contributed by atoms with Crippen molar-refractivity contribution in [3.05, 3.63) is 46.2 Å². The number of hydrogen-bond donors (Lipinski definition) is 0. The summed E-state index contributed by atoms with van der Waals surface area (Å²) < 4.78 is 0. The Kier molecular flexibility index (Phi) is 4.95. The van der Waals surface area contributed by atoms with Crippen LogP contribution in [0.1, 0.15) is 46.6 Å². The number of hydrogen-bond acceptors (Lipinski definition) is 5. The smallest absolute Gasteiger partial charge is 0.265 e. The van der Waals surface area contributed by atoms with Crippen molar-refractivity contribution in [1.82, 2.24) is 19.8 Å². The van der Waals surface area contributed by atoms with Crippen molar-refractivity contribution in [3.8, 4) is 0 Å². The van der Waals surface area contributed by atoms with E-state index in [1.165, 1.54) is 11.3 Å². The third kappa shape index (κ3) is 3.74. The molecule has 142 valence electrons. The maximum Gasteiger partial charge on any atom is 0.265 e. The van der Waals surface area contributed by atoms with Gasteiger partial charge in [0.25, 0.3) is 5.91 Å². The largest absolute Gasteiger partial charge is 0.338 e. The highest BCUT2D eigenvalue weighted by Crippen LogP contribution is 2.41.